The summed E-state index contributed by atoms with van der Waals surface area (Å²) in [4.78, 5) is 0. The van der Waals surface area contributed by atoms with Gasteiger partial charge in [0.2, 0.25) is 0 Å². The molecule has 9 aromatic carbocycles. The van der Waals surface area contributed by atoms with Crippen LogP contribution in [0.15, 0.2) is 200 Å². The highest BCUT2D eigenvalue weighted by atomic mass is 16.5. The Morgan fingerprint density at radius 3 is 1.55 bits per heavy atom. The predicted octanol–water partition coefficient (Wildman–Crippen LogP) is 13.8. The van der Waals surface area contributed by atoms with E-state index in [1.165, 1.54) is 82.7 Å². The largest absolute Gasteiger partial charge is 0.457 e. The molecule has 9 aromatic rings. The van der Waals surface area contributed by atoms with Gasteiger partial charge in [0.05, 0.1) is 5.41 Å². The molecule has 0 radical (unpaired) electrons. The average Bonchev–Trinajstić information content (AvgIpc) is 3.50. The Hall–Kier alpha value is -6.70. The van der Waals surface area contributed by atoms with Crippen molar-refractivity contribution in [2.24, 2.45) is 0 Å². The van der Waals surface area contributed by atoms with Crippen LogP contribution in [-0.4, -0.2) is 0 Å². The summed E-state index contributed by atoms with van der Waals surface area (Å²) in [5.41, 5.74) is 13.0. The molecule has 0 saturated heterocycles. The third-order valence-corrected chi connectivity index (χ3v) is 11.0. The van der Waals surface area contributed by atoms with Gasteiger partial charge in [0.15, 0.2) is 0 Å². The van der Waals surface area contributed by atoms with Gasteiger partial charge in [-0.1, -0.05) is 181 Å². The maximum absolute atomic E-state index is 6.60. The van der Waals surface area contributed by atoms with E-state index in [0.29, 0.717) is 0 Å². The van der Waals surface area contributed by atoms with Gasteiger partial charge in [-0.2, -0.15) is 0 Å². The molecule has 1 aliphatic rings. The summed E-state index contributed by atoms with van der Waals surface area (Å²) in [6.45, 7) is 2.21. The summed E-state index contributed by atoms with van der Waals surface area (Å²) >= 11 is 0. The Balaban J connectivity index is 1.37. The van der Waals surface area contributed by atoms with Crippen LogP contribution < -0.4 is 4.74 Å². The Labute approximate surface area is 310 Å². The fourth-order valence-corrected chi connectivity index (χ4v) is 8.91. The van der Waals surface area contributed by atoms with Crippen molar-refractivity contribution in [1.82, 2.24) is 0 Å². The topological polar surface area (TPSA) is 9.23 Å². The summed E-state index contributed by atoms with van der Waals surface area (Å²) in [7, 11) is 0. The third-order valence-electron chi connectivity index (χ3n) is 11.0. The molecule has 0 aromatic heterocycles. The first-order chi connectivity index (χ1) is 26.2. The van der Waals surface area contributed by atoms with E-state index in [1.807, 2.05) is 30.3 Å². The number of aryl methyl sites for hydroxylation is 1. The number of hydrogen-bond acceptors (Lipinski definition) is 1. The van der Waals surface area contributed by atoms with Crippen molar-refractivity contribution in [1.29, 1.82) is 0 Å². The second-order valence-corrected chi connectivity index (χ2v) is 14.0. The van der Waals surface area contributed by atoms with Crippen molar-refractivity contribution in [2.75, 3.05) is 0 Å². The second kappa shape index (κ2) is 12.5. The Morgan fingerprint density at radius 2 is 0.887 bits per heavy atom. The molecule has 1 heteroatoms. The first-order valence-electron chi connectivity index (χ1n) is 18.3. The normalized spacial score (nSPS) is 14.6. The van der Waals surface area contributed by atoms with Gasteiger partial charge >= 0.3 is 0 Å². The minimum atomic E-state index is -0.648. The van der Waals surface area contributed by atoms with Crippen LogP contribution in [0.1, 0.15) is 27.8 Å². The van der Waals surface area contributed by atoms with E-state index in [2.05, 4.69) is 177 Å². The molecule has 1 nitrogen and oxygen atoms in total. The Bertz CT molecular complexity index is 2740. The Morgan fingerprint density at radius 1 is 0.377 bits per heavy atom. The van der Waals surface area contributed by atoms with E-state index < -0.39 is 5.41 Å². The zero-order chi connectivity index (χ0) is 35.4. The molecule has 0 bridgehead atoms. The molecule has 0 heterocycles. The molecular weight excluding hydrogens is 641 g/mol. The summed E-state index contributed by atoms with van der Waals surface area (Å²) < 4.78 is 6.60. The standard InChI is InChI=1S/C52H36O/c1-35-29-31-41-42-32-30-39(53-38-21-9-4-10-22-38)34-49(42)52(48(41)33-35,37-19-7-3-8-20-37)51-46-27-15-13-25-44(46)50(45-26-14-16-28-47(45)51)43-24-12-11-23-40(43)36-17-5-2-6-18-36/h2-34H,1H3. The highest BCUT2D eigenvalue weighted by Crippen LogP contribution is 2.60. The second-order valence-electron chi connectivity index (χ2n) is 14.0. The molecule has 10 rings (SSSR count). The maximum atomic E-state index is 6.60. The lowest BCUT2D eigenvalue weighted by Crippen LogP contribution is -2.29. The number of ether oxygens (including phenoxy) is 1. The third kappa shape index (κ3) is 4.85. The van der Waals surface area contributed by atoms with Gasteiger partial charge in [0, 0.05) is 0 Å². The lowest BCUT2D eigenvalue weighted by atomic mass is 9.64. The van der Waals surface area contributed by atoms with Crippen LogP contribution in [0.25, 0.3) is 54.9 Å². The quantitative estimate of drug-likeness (QED) is 0.159. The number of para-hydroxylation sites is 1. The van der Waals surface area contributed by atoms with Crippen LogP contribution in [0, 0.1) is 6.92 Å². The van der Waals surface area contributed by atoms with E-state index in [4.69, 9.17) is 4.74 Å². The highest BCUT2D eigenvalue weighted by Gasteiger charge is 2.48. The molecule has 0 aliphatic heterocycles. The monoisotopic (exact) mass is 676 g/mol. The highest BCUT2D eigenvalue weighted by molar-refractivity contribution is 6.18. The van der Waals surface area contributed by atoms with E-state index in [0.717, 1.165) is 11.5 Å². The molecule has 1 aliphatic carbocycles. The van der Waals surface area contributed by atoms with Crippen LogP contribution in [-0.2, 0) is 5.41 Å². The van der Waals surface area contributed by atoms with Crippen molar-refractivity contribution in [2.45, 2.75) is 12.3 Å². The molecule has 1 unspecified atom stereocenters. The van der Waals surface area contributed by atoms with Gasteiger partial charge in [-0.05, 0) is 108 Å². The molecular formula is C52H36O. The summed E-state index contributed by atoms with van der Waals surface area (Å²) in [6, 6.07) is 72.6. The number of fused-ring (bicyclic) bond motifs is 5. The molecule has 0 N–H and O–H groups in total. The molecule has 1 atom stereocenters. The van der Waals surface area contributed by atoms with Crippen LogP contribution >= 0.6 is 0 Å². The first-order valence-corrected chi connectivity index (χ1v) is 18.3. The van der Waals surface area contributed by atoms with Gasteiger partial charge < -0.3 is 4.74 Å². The van der Waals surface area contributed by atoms with E-state index >= 15 is 0 Å². The summed E-state index contributed by atoms with van der Waals surface area (Å²) in [5, 5.41) is 4.95. The summed E-state index contributed by atoms with van der Waals surface area (Å²) in [6.07, 6.45) is 0. The molecule has 250 valence electrons. The van der Waals surface area contributed by atoms with Crippen molar-refractivity contribution < 1.29 is 4.74 Å². The fourth-order valence-electron chi connectivity index (χ4n) is 8.91. The van der Waals surface area contributed by atoms with Crippen LogP contribution in [0.5, 0.6) is 11.5 Å². The van der Waals surface area contributed by atoms with E-state index in [-0.39, 0.29) is 0 Å². The van der Waals surface area contributed by atoms with E-state index in [9.17, 15) is 0 Å². The average molecular weight is 677 g/mol. The van der Waals surface area contributed by atoms with Crippen molar-refractivity contribution in [3.05, 3.63) is 228 Å². The minimum absolute atomic E-state index is 0.648. The van der Waals surface area contributed by atoms with Crippen LogP contribution in [0.2, 0.25) is 0 Å². The summed E-state index contributed by atoms with van der Waals surface area (Å²) in [5.74, 6) is 1.64. The van der Waals surface area contributed by atoms with Gasteiger partial charge in [-0.3, -0.25) is 0 Å². The predicted molar refractivity (Wildman–Crippen MR) is 221 cm³/mol. The zero-order valence-electron chi connectivity index (χ0n) is 29.5. The van der Waals surface area contributed by atoms with E-state index in [1.54, 1.807) is 0 Å². The molecule has 53 heavy (non-hydrogen) atoms. The first kappa shape index (κ1) is 31.1. The van der Waals surface area contributed by atoms with Crippen molar-refractivity contribution >= 4 is 21.5 Å². The number of benzene rings is 9. The SMILES string of the molecule is Cc1ccc2c(c1)C(c1ccccc1)(c1c3ccccc3c(-c3ccccc3-c3ccccc3)c3ccccc13)c1cc(Oc3ccccc3)ccc1-2. The smallest absolute Gasteiger partial charge is 0.127 e. The molecule has 0 amide bonds. The lowest BCUT2D eigenvalue weighted by molar-refractivity contribution is 0.481. The maximum Gasteiger partial charge on any atom is 0.127 e. The number of rotatable bonds is 6. The molecule has 0 fully saturated rings. The van der Waals surface area contributed by atoms with Crippen molar-refractivity contribution in [3.8, 4) is 44.9 Å². The lowest BCUT2D eigenvalue weighted by Gasteiger charge is -2.37. The minimum Gasteiger partial charge on any atom is -0.457 e. The molecule has 0 spiro atoms. The number of hydrogen-bond donors (Lipinski definition) is 0. The van der Waals surface area contributed by atoms with Gasteiger partial charge in [-0.15, -0.1) is 0 Å². The van der Waals surface area contributed by atoms with Gasteiger partial charge in [0.1, 0.15) is 11.5 Å². The molecule has 0 saturated carbocycles. The van der Waals surface area contributed by atoms with Crippen molar-refractivity contribution in [3.63, 3.8) is 0 Å². The zero-order valence-corrected chi connectivity index (χ0v) is 29.5. The van der Waals surface area contributed by atoms with Crippen LogP contribution in [0.3, 0.4) is 0 Å². The fraction of sp³-hybridized carbons (Fsp3) is 0.0385. The van der Waals surface area contributed by atoms with Gasteiger partial charge in [-0.25, -0.2) is 0 Å². The van der Waals surface area contributed by atoms with Gasteiger partial charge in [0.25, 0.3) is 0 Å². The van der Waals surface area contributed by atoms with Crippen LogP contribution in [0.4, 0.5) is 0 Å². The Kier molecular flexibility index (Phi) is 7.33.